The number of ether oxygens (including phenoxy) is 1. The van der Waals surface area contributed by atoms with Crippen LogP contribution < -0.4 is 15.5 Å². The van der Waals surface area contributed by atoms with Gasteiger partial charge in [-0.05, 0) is 64.5 Å². The van der Waals surface area contributed by atoms with Gasteiger partial charge in [-0.1, -0.05) is 41.9 Å². The van der Waals surface area contributed by atoms with E-state index in [-0.39, 0.29) is 24.8 Å². The number of carbonyl (C=O) groups excluding carboxylic acids is 3. The van der Waals surface area contributed by atoms with E-state index in [1.54, 1.807) is 53.4 Å². The molecule has 1 saturated heterocycles. The molecule has 5 rings (SSSR count). The number of nitrogens with zero attached hydrogens (tertiary/aromatic N) is 5. The highest BCUT2D eigenvalue weighted by Gasteiger charge is 2.22. The van der Waals surface area contributed by atoms with Crippen molar-refractivity contribution in [3.8, 4) is 5.69 Å². The first kappa shape index (κ1) is 27.7. The van der Waals surface area contributed by atoms with Crippen LogP contribution in [0.3, 0.4) is 0 Å². The molecule has 0 radical (unpaired) electrons. The Bertz CT molecular complexity index is 1540. The van der Waals surface area contributed by atoms with E-state index in [1.165, 1.54) is 17.1 Å². The molecule has 0 unspecified atom stereocenters. The highest BCUT2D eigenvalue weighted by Crippen LogP contribution is 2.21. The lowest BCUT2D eigenvalue weighted by atomic mass is 10.0. The van der Waals surface area contributed by atoms with Crippen LogP contribution in [0.5, 0.6) is 0 Å². The van der Waals surface area contributed by atoms with Gasteiger partial charge in [0.2, 0.25) is 11.8 Å². The van der Waals surface area contributed by atoms with E-state index in [1.807, 2.05) is 30.3 Å². The minimum absolute atomic E-state index is 0.0457. The SMILES string of the molecule is O=C(/C=C/c1cc(Cl)ccc1-n1cnnn1)N[C@@H](Cc1ccccc1)C(=O)Nc1ccc(N2CCOCC2=O)cc1. The molecule has 1 aromatic heterocycles. The largest absolute Gasteiger partial charge is 0.370 e. The lowest BCUT2D eigenvalue weighted by molar-refractivity contribution is -0.125. The van der Waals surface area contributed by atoms with Crippen LogP contribution in [0.1, 0.15) is 11.1 Å². The van der Waals surface area contributed by atoms with E-state index in [0.717, 1.165) is 11.3 Å². The molecule has 41 heavy (non-hydrogen) atoms. The number of benzene rings is 3. The third kappa shape index (κ3) is 7.21. The van der Waals surface area contributed by atoms with Gasteiger partial charge in [-0.3, -0.25) is 14.4 Å². The number of amides is 3. The van der Waals surface area contributed by atoms with Crippen molar-refractivity contribution >= 4 is 46.8 Å². The van der Waals surface area contributed by atoms with Crippen LogP contribution >= 0.6 is 11.6 Å². The van der Waals surface area contributed by atoms with Crippen LogP contribution in [0.2, 0.25) is 5.02 Å². The van der Waals surface area contributed by atoms with Crippen molar-refractivity contribution in [2.24, 2.45) is 0 Å². The summed E-state index contributed by atoms with van der Waals surface area (Å²) in [4.78, 5) is 40.1. The summed E-state index contributed by atoms with van der Waals surface area (Å²) in [6.07, 6.45) is 4.63. The van der Waals surface area contributed by atoms with E-state index in [9.17, 15) is 14.4 Å². The van der Waals surface area contributed by atoms with E-state index in [4.69, 9.17) is 16.3 Å². The van der Waals surface area contributed by atoms with Gasteiger partial charge in [0.25, 0.3) is 5.91 Å². The molecular weight excluding hydrogens is 546 g/mol. The molecule has 0 saturated carbocycles. The van der Waals surface area contributed by atoms with Crippen LogP contribution in [-0.2, 0) is 25.5 Å². The fourth-order valence-electron chi connectivity index (χ4n) is 4.33. The smallest absolute Gasteiger partial charge is 0.253 e. The fraction of sp³-hybridized carbons (Fsp3) is 0.172. The zero-order valence-electron chi connectivity index (χ0n) is 21.8. The van der Waals surface area contributed by atoms with Crippen LogP contribution in [0.15, 0.2) is 85.2 Å². The molecule has 0 bridgehead atoms. The van der Waals surface area contributed by atoms with Gasteiger partial charge >= 0.3 is 0 Å². The number of carbonyl (C=O) groups is 3. The highest BCUT2D eigenvalue weighted by molar-refractivity contribution is 6.30. The maximum Gasteiger partial charge on any atom is 0.253 e. The number of rotatable bonds is 9. The van der Waals surface area contributed by atoms with E-state index < -0.39 is 11.9 Å². The molecule has 12 heteroatoms. The summed E-state index contributed by atoms with van der Waals surface area (Å²) in [6, 6.07) is 20.6. The summed E-state index contributed by atoms with van der Waals surface area (Å²) in [5.41, 5.74) is 3.38. The number of morpholine rings is 1. The van der Waals surface area contributed by atoms with Crippen LogP contribution in [-0.4, -0.2) is 63.7 Å². The minimum atomic E-state index is -0.867. The standard InChI is InChI=1S/C29H26ClN7O4/c30-22-7-12-26(37-19-31-34-35-37)21(17-22)6-13-27(38)33-25(16-20-4-2-1-3-5-20)29(40)32-23-8-10-24(11-9-23)36-14-15-41-18-28(36)39/h1-13,17,19,25H,14-16,18H2,(H,32,40)(H,33,38)/b13-6+/t25-/m0/s1. The van der Waals surface area contributed by atoms with Crippen molar-refractivity contribution < 1.29 is 19.1 Å². The van der Waals surface area contributed by atoms with E-state index in [2.05, 4.69) is 26.2 Å². The van der Waals surface area contributed by atoms with Gasteiger partial charge in [-0.25, -0.2) is 0 Å². The Kier molecular flexibility index (Phi) is 8.77. The zero-order valence-corrected chi connectivity index (χ0v) is 22.6. The normalized spacial score (nSPS) is 14.2. The van der Waals surface area contributed by atoms with E-state index in [0.29, 0.717) is 35.1 Å². The Morgan fingerprint density at radius 1 is 1.07 bits per heavy atom. The van der Waals surface area contributed by atoms with Gasteiger partial charge in [-0.15, -0.1) is 5.10 Å². The molecule has 2 heterocycles. The maximum atomic E-state index is 13.3. The first-order chi connectivity index (χ1) is 20.0. The molecule has 1 fully saturated rings. The number of anilines is 2. The van der Waals surface area contributed by atoms with Crippen molar-refractivity contribution in [1.29, 1.82) is 0 Å². The molecule has 1 aliphatic rings. The topological polar surface area (TPSA) is 131 Å². The number of hydrogen-bond donors (Lipinski definition) is 2. The molecule has 0 aliphatic carbocycles. The van der Waals surface area contributed by atoms with Crippen LogP contribution in [0, 0.1) is 0 Å². The Morgan fingerprint density at radius 2 is 1.88 bits per heavy atom. The second-order valence-corrected chi connectivity index (χ2v) is 9.61. The van der Waals surface area contributed by atoms with Crippen molar-refractivity contribution in [2.75, 3.05) is 30.0 Å². The third-order valence-corrected chi connectivity index (χ3v) is 6.58. The number of nitrogens with one attached hydrogen (secondary N) is 2. The van der Waals surface area contributed by atoms with Crippen molar-refractivity contribution in [3.63, 3.8) is 0 Å². The van der Waals surface area contributed by atoms with Gasteiger partial charge in [0.05, 0.1) is 12.3 Å². The first-order valence-corrected chi connectivity index (χ1v) is 13.2. The van der Waals surface area contributed by atoms with Gasteiger partial charge in [-0.2, -0.15) is 4.68 Å². The van der Waals surface area contributed by atoms with Gasteiger partial charge in [0.1, 0.15) is 19.0 Å². The maximum absolute atomic E-state index is 13.3. The zero-order chi connectivity index (χ0) is 28.6. The Labute approximate surface area is 240 Å². The fourth-order valence-corrected chi connectivity index (χ4v) is 4.51. The monoisotopic (exact) mass is 571 g/mol. The number of halogens is 1. The quantitative estimate of drug-likeness (QED) is 0.295. The van der Waals surface area contributed by atoms with Crippen molar-refractivity contribution in [1.82, 2.24) is 25.5 Å². The molecule has 208 valence electrons. The lowest BCUT2D eigenvalue weighted by Gasteiger charge is -2.27. The predicted octanol–water partition coefficient (Wildman–Crippen LogP) is 3.06. The van der Waals surface area contributed by atoms with Gasteiger partial charge < -0.3 is 20.3 Å². The summed E-state index contributed by atoms with van der Waals surface area (Å²) in [7, 11) is 0. The Balaban J connectivity index is 1.30. The second kappa shape index (κ2) is 13.0. The average Bonchev–Trinajstić information content (AvgIpc) is 3.52. The highest BCUT2D eigenvalue weighted by atomic mass is 35.5. The summed E-state index contributed by atoms with van der Waals surface area (Å²) >= 11 is 6.17. The van der Waals surface area contributed by atoms with E-state index >= 15 is 0 Å². The second-order valence-electron chi connectivity index (χ2n) is 9.18. The lowest BCUT2D eigenvalue weighted by Crippen LogP contribution is -2.44. The van der Waals surface area contributed by atoms with Crippen LogP contribution in [0.25, 0.3) is 11.8 Å². The van der Waals surface area contributed by atoms with Gasteiger partial charge in [0.15, 0.2) is 0 Å². The average molecular weight is 572 g/mol. The van der Waals surface area contributed by atoms with Crippen molar-refractivity contribution in [3.05, 3.63) is 101 Å². The molecular formula is C29H26ClN7O4. The molecule has 0 spiro atoms. The molecule has 1 aliphatic heterocycles. The minimum Gasteiger partial charge on any atom is -0.370 e. The molecule has 1 atom stereocenters. The number of hydrogen-bond acceptors (Lipinski definition) is 7. The first-order valence-electron chi connectivity index (χ1n) is 12.8. The summed E-state index contributed by atoms with van der Waals surface area (Å²) in [5, 5.41) is 17.4. The molecule has 11 nitrogen and oxygen atoms in total. The summed E-state index contributed by atoms with van der Waals surface area (Å²) < 4.78 is 6.64. The Hall–Kier alpha value is -4.87. The Morgan fingerprint density at radius 3 is 2.61 bits per heavy atom. The molecule has 4 aromatic rings. The van der Waals surface area contributed by atoms with Crippen molar-refractivity contribution in [2.45, 2.75) is 12.5 Å². The summed E-state index contributed by atoms with van der Waals surface area (Å²) in [6.45, 7) is 0.982. The molecule has 2 N–H and O–H groups in total. The van der Waals surface area contributed by atoms with Gasteiger partial charge in [0, 0.05) is 41.0 Å². The third-order valence-electron chi connectivity index (χ3n) is 6.35. The predicted molar refractivity (Wildman–Crippen MR) is 154 cm³/mol. The molecule has 3 amide bonds. The number of aromatic nitrogens is 4. The number of tetrazole rings is 1. The summed E-state index contributed by atoms with van der Waals surface area (Å²) in [5.74, 6) is -0.970. The molecule has 3 aromatic carbocycles. The van der Waals surface area contributed by atoms with Crippen LogP contribution in [0.4, 0.5) is 11.4 Å².